The quantitative estimate of drug-likeness (QED) is 0.837. The van der Waals surface area contributed by atoms with Gasteiger partial charge in [0.2, 0.25) is 0 Å². The van der Waals surface area contributed by atoms with E-state index in [2.05, 4.69) is 5.32 Å². The number of nitrogens with zero attached hydrogens (tertiary/aromatic N) is 1. The Balaban J connectivity index is 1.59. The number of nitrogens with one attached hydrogen (secondary N) is 1. The lowest BCUT2D eigenvalue weighted by Crippen LogP contribution is -2.36. The number of benzene rings is 1. The second-order valence-electron chi connectivity index (χ2n) is 6.11. The molecule has 0 spiro atoms. The molecule has 5 heteroatoms. The third-order valence-corrected chi connectivity index (χ3v) is 6.05. The maximum atomic E-state index is 12.3. The molecule has 21 heavy (non-hydrogen) atoms. The highest BCUT2D eigenvalue weighted by atomic mass is 32.2. The summed E-state index contributed by atoms with van der Waals surface area (Å²) < 4.78 is 24.6. The molecule has 2 fully saturated rings. The highest BCUT2D eigenvalue weighted by Crippen LogP contribution is 2.44. The Kier molecular flexibility index (Phi) is 4.01. The minimum atomic E-state index is -3.31. The van der Waals surface area contributed by atoms with E-state index in [1.54, 1.807) is 18.2 Å². The van der Waals surface area contributed by atoms with E-state index in [-0.39, 0.29) is 10.6 Å². The summed E-state index contributed by atoms with van der Waals surface area (Å²) in [6.45, 7) is 0.497. The van der Waals surface area contributed by atoms with Crippen LogP contribution >= 0.6 is 0 Å². The van der Waals surface area contributed by atoms with Gasteiger partial charge in [-0.3, -0.25) is 0 Å². The summed E-state index contributed by atoms with van der Waals surface area (Å²) in [5.74, 6) is 1.63. The van der Waals surface area contributed by atoms with Gasteiger partial charge in [-0.2, -0.15) is 5.26 Å². The molecular weight excluding hydrogens is 284 g/mol. The van der Waals surface area contributed by atoms with Gasteiger partial charge in [0, 0.05) is 12.6 Å². The average Bonchev–Trinajstić information content (AvgIpc) is 3.37. The van der Waals surface area contributed by atoms with Crippen molar-refractivity contribution in [2.24, 2.45) is 11.8 Å². The highest BCUT2D eigenvalue weighted by Gasteiger charge is 2.41. The molecule has 1 aromatic rings. The van der Waals surface area contributed by atoms with Crippen molar-refractivity contribution in [3.8, 4) is 6.07 Å². The Morgan fingerprint density at radius 1 is 1.24 bits per heavy atom. The molecule has 1 N–H and O–H groups in total. The first-order chi connectivity index (χ1) is 10.1. The summed E-state index contributed by atoms with van der Waals surface area (Å²) in [6, 6.07) is 8.76. The fraction of sp³-hybridized carbons (Fsp3) is 0.562. The molecule has 0 saturated heterocycles. The van der Waals surface area contributed by atoms with Gasteiger partial charge in [-0.1, -0.05) is 6.07 Å². The van der Waals surface area contributed by atoms with Crippen LogP contribution in [-0.2, 0) is 9.84 Å². The zero-order chi connectivity index (χ0) is 14.9. The Hall–Kier alpha value is -1.38. The largest absolute Gasteiger partial charge is 0.312 e. The van der Waals surface area contributed by atoms with Gasteiger partial charge in [-0.05, 0) is 55.7 Å². The first kappa shape index (κ1) is 14.6. The van der Waals surface area contributed by atoms with Crippen LogP contribution in [-0.4, -0.2) is 26.8 Å². The van der Waals surface area contributed by atoms with Crippen molar-refractivity contribution in [2.75, 3.05) is 12.3 Å². The van der Waals surface area contributed by atoms with E-state index in [9.17, 15) is 8.42 Å². The minimum Gasteiger partial charge on any atom is -0.312 e. The van der Waals surface area contributed by atoms with Gasteiger partial charge in [0.05, 0.1) is 22.3 Å². The van der Waals surface area contributed by atoms with Crippen molar-refractivity contribution >= 4 is 9.84 Å². The topological polar surface area (TPSA) is 70.0 Å². The minimum absolute atomic E-state index is 0.0951. The summed E-state index contributed by atoms with van der Waals surface area (Å²) >= 11 is 0. The van der Waals surface area contributed by atoms with Crippen LogP contribution in [0.2, 0.25) is 0 Å². The number of sulfone groups is 1. The Labute approximate surface area is 126 Å². The summed E-state index contributed by atoms with van der Waals surface area (Å²) in [7, 11) is -3.31. The van der Waals surface area contributed by atoms with Crippen molar-refractivity contribution in [1.82, 2.24) is 5.32 Å². The maximum Gasteiger partial charge on any atom is 0.179 e. The zero-order valence-corrected chi connectivity index (χ0v) is 12.8. The number of hydrogen-bond donors (Lipinski definition) is 1. The molecule has 1 aromatic carbocycles. The van der Waals surface area contributed by atoms with Crippen LogP contribution in [0.5, 0.6) is 0 Å². The molecule has 0 unspecified atom stereocenters. The van der Waals surface area contributed by atoms with Gasteiger partial charge < -0.3 is 5.32 Å². The number of rotatable bonds is 7. The Bertz CT molecular complexity index is 643. The van der Waals surface area contributed by atoms with Crippen molar-refractivity contribution in [3.05, 3.63) is 29.8 Å². The van der Waals surface area contributed by atoms with Gasteiger partial charge in [0.15, 0.2) is 9.84 Å². The molecule has 0 aliphatic heterocycles. The molecule has 2 aliphatic carbocycles. The molecule has 4 nitrogen and oxygen atoms in total. The lowest BCUT2D eigenvalue weighted by molar-refractivity contribution is 0.427. The molecule has 0 bridgehead atoms. The standard InChI is InChI=1S/C16H20N2O2S/c17-11-12-2-1-3-15(10-12)21(19,20)9-8-18-16(13-4-5-13)14-6-7-14/h1-3,10,13-14,16,18H,4-9H2. The first-order valence-corrected chi connectivity index (χ1v) is 9.22. The fourth-order valence-electron chi connectivity index (χ4n) is 2.87. The van der Waals surface area contributed by atoms with Crippen LogP contribution in [0.3, 0.4) is 0 Å². The van der Waals surface area contributed by atoms with E-state index in [4.69, 9.17) is 5.26 Å². The van der Waals surface area contributed by atoms with Crippen molar-refractivity contribution in [2.45, 2.75) is 36.6 Å². The van der Waals surface area contributed by atoms with Gasteiger partial charge in [0.1, 0.15) is 0 Å². The molecule has 3 rings (SSSR count). The van der Waals surface area contributed by atoms with Crippen molar-refractivity contribution < 1.29 is 8.42 Å². The van der Waals surface area contributed by atoms with Crippen LogP contribution in [0.25, 0.3) is 0 Å². The highest BCUT2D eigenvalue weighted by molar-refractivity contribution is 7.91. The van der Waals surface area contributed by atoms with Crippen LogP contribution in [0.4, 0.5) is 0 Å². The lowest BCUT2D eigenvalue weighted by atomic mass is 10.1. The average molecular weight is 304 g/mol. The number of nitriles is 1. The van der Waals surface area contributed by atoms with E-state index in [1.807, 2.05) is 6.07 Å². The lowest BCUT2D eigenvalue weighted by Gasteiger charge is -2.17. The SMILES string of the molecule is N#Cc1cccc(S(=O)(=O)CCNC(C2CC2)C2CC2)c1. The molecule has 0 heterocycles. The van der Waals surface area contributed by atoms with Crippen molar-refractivity contribution in [3.63, 3.8) is 0 Å². The molecule has 0 aromatic heterocycles. The molecule has 0 atom stereocenters. The third kappa shape index (κ3) is 3.63. The second-order valence-corrected chi connectivity index (χ2v) is 8.22. The fourth-order valence-corrected chi connectivity index (χ4v) is 4.08. The van der Waals surface area contributed by atoms with E-state index in [0.717, 1.165) is 11.8 Å². The molecule has 112 valence electrons. The smallest absolute Gasteiger partial charge is 0.179 e. The van der Waals surface area contributed by atoms with E-state index in [0.29, 0.717) is 18.2 Å². The predicted molar refractivity (Wildman–Crippen MR) is 80.4 cm³/mol. The van der Waals surface area contributed by atoms with Crippen LogP contribution < -0.4 is 5.32 Å². The molecule has 0 amide bonds. The van der Waals surface area contributed by atoms with Gasteiger partial charge in [-0.15, -0.1) is 0 Å². The van der Waals surface area contributed by atoms with Gasteiger partial charge in [-0.25, -0.2) is 8.42 Å². The summed E-state index contributed by atoms with van der Waals surface area (Å²) in [5, 5.41) is 12.3. The Morgan fingerprint density at radius 2 is 1.90 bits per heavy atom. The molecule has 2 saturated carbocycles. The van der Waals surface area contributed by atoms with Crippen LogP contribution in [0.15, 0.2) is 29.2 Å². The third-order valence-electron chi connectivity index (χ3n) is 4.33. The first-order valence-electron chi connectivity index (χ1n) is 7.56. The summed E-state index contributed by atoms with van der Waals surface area (Å²) in [4.78, 5) is 0.248. The van der Waals surface area contributed by atoms with Crippen molar-refractivity contribution in [1.29, 1.82) is 5.26 Å². The monoisotopic (exact) mass is 304 g/mol. The molecular formula is C16H20N2O2S. The van der Waals surface area contributed by atoms with E-state index in [1.165, 1.54) is 31.7 Å². The maximum absolute atomic E-state index is 12.3. The second kappa shape index (κ2) is 5.78. The normalized spacial score (nSPS) is 18.7. The van der Waals surface area contributed by atoms with E-state index < -0.39 is 9.84 Å². The van der Waals surface area contributed by atoms with E-state index >= 15 is 0 Å². The molecule has 0 radical (unpaired) electrons. The Morgan fingerprint density at radius 3 is 2.48 bits per heavy atom. The number of hydrogen-bond acceptors (Lipinski definition) is 4. The molecule has 2 aliphatic rings. The predicted octanol–water partition coefficient (Wildman–Crippen LogP) is 2.11. The summed E-state index contributed by atoms with van der Waals surface area (Å²) in [6.07, 6.45) is 5.13. The summed E-state index contributed by atoms with van der Waals surface area (Å²) in [5.41, 5.74) is 0.387. The van der Waals surface area contributed by atoms with Gasteiger partial charge >= 0.3 is 0 Å². The van der Waals surface area contributed by atoms with Crippen LogP contribution in [0.1, 0.15) is 31.2 Å². The van der Waals surface area contributed by atoms with Gasteiger partial charge in [0.25, 0.3) is 0 Å². The van der Waals surface area contributed by atoms with Crippen LogP contribution in [0, 0.1) is 23.2 Å². The zero-order valence-electron chi connectivity index (χ0n) is 12.0.